The van der Waals surface area contributed by atoms with Gasteiger partial charge in [0.15, 0.2) is 0 Å². The molecule has 0 saturated heterocycles. The summed E-state index contributed by atoms with van der Waals surface area (Å²) in [5.74, 6) is 0.985. The molecule has 2 heterocycles. The van der Waals surface area contributed by atoms with Crippen LogP contribution < -0.4 is 0 Å². The Kier molecular flexibility index (Phi) is 2.58. The van der Waals surface area contributed by atoms with Crippen LogP contribution in [0.5, 0.6) is 0 Å². The molecular weight excluding hydrogens is 174 g/mol. The van der Waals surface area contributed by atoms with Gasteiger partial charge in [-0.15, -0.1) is 0 Å². The summed E-state index contributed by atoms with van der Waals surface area (Å²) in [4.78, 5) is 11.6. The number of aromatic nitrogens is 3. The SMILES string of the molecule is [CH2]CCc1nc(-c2cccnc2)c[nH]1. The average Bonchev–Trinajstić information content (AvgIpc) is 2.68. The van der Waals surface area contributed by atoms with Gasteiger partial charge in [-0.3, -0.25) is 4.98 Å². The van der Waals surface area contributed by atoms with Crippen molar-refractivity contribution in [2.24, 2.45) is 0 Å². The highest BCUT2D eigenvalue weighted by molar-refractivity contribution is 5.56. The van der Waals surface area contributed by atoms with Gasteiger partial charge in [-0.25, -0.2) is 4.98 Å². The molecule has 0 aliphatic rings. The Labute approximate surface area is 83.2 Å². The van der Waals surface area contributed by atoms with Crippen LogP contribution in [0, 0.1) is 6.92 Å². The van der Waals surface area contributed by atoms with Gasteiger partial charge in [0.1, 0.15) is 5.82 Å². The van der Waals surface area contributed by atoms with Crippen LogP contribution in [-0.4, -0.2) is 15.0 Å². The average molecular weight is 186 g/mol. The molecule has 0 amide bonds. The van der Waals surface area contributed by atoms with Crippen LogP contribution in [0.25, 0.3) is 11.3 Å². The second-order valence-corrected chi connectivity index (χ2v) is 3.08. The van der Waals surface area contributed by atoms with Crippen molar-refractivity contribution in [3.05, 3.63) is 43.5 Å². The van der Waals surface area contributed by atoms with E-state index in [4.69, 9.17) is 0 Å². The minimum atomic E-state index is 0.861. The molecule has 3 nitrogen and oxygen atoms in total. The van der Waals surface area contributed by atoms with Gasteiger partial charge >= 0.3 is 0 Å². The molecule has 2 aromatic rings. The lowest BCUT2D eigenvalue weighted by Gasteiger charge is -1.93. The Morgan fingerprint density at radius 3 is 3.07 bits per heavy atom. The first-order valence-corrected chi connectivity index (χ1v) is 4.64. The van der Waals surface area contributed by atoms with Gasteiger partial charge in [0.05, 0.1) is 5.69 Å². The second kappa shape index (κ2) is 4.05. The Bertz CT molecular complexity index is 392. The van der Waals surface area contributed by atoms with Crippen molar-refractivity contribution in [3.8, 4) is 11.3 Å². The molecule has 71 valence electrons. The normalized spacial score (nSPS) is 10.4. The quantitative estimate of drug-likeness (QED) is 0.798. The Hall–Kier alpha value is -1.64. The van der Waals surface area contributed by atoms with E-state index in [9.17, 15) is 0 Å². The maximum atomic E-state index is 4.43. The number of aryl methyl sites for hydroxylation is 1. The topological polar surface area (TPSA) is 41.6 Å². The monoisotopic (exact) mass is 186 g/mol. The highest BCUT2D eigenvalue weighted by Crippen LogP contribution is 2.15. The van der Waals surface area contributed by atoms with E-state index in [1.54, 1.807) is 6.20 Å². The maximum Gasteiger partial charge on any atom is 0.106 e. The van der Waals surface area contributed by atoms with Crippen LogP contribution in [0.1, 0.15) is 12.2 Å². The largest absolute Gasteiger partial charge is 0.348 e. The smallest absolute Gasteiger partial charge is 0.106 e. The van der Waals surface area contributed by atoms with Gasteiger partial charge < -0.3 is 4.98 Å². The van der Waals surface area contributed by atoms with E-state index in [1.165, 1.54) is 0 Å². The third-order valence-corrected chi connectivity index (χ3v) is 2.00. The molecule has 3 heteroatoms. The molecule has 1 radical (unpaired) electrons. The number of pyridine rings is 1. The first-order valence-electron chi connectivity index (χ1n) is 4.64. The summed E-state index contributed by atoms with van der Waals surface area (Å²) >= 11 is 0. The minimum absolute atomic E-state index is 0.861. The third-order valence-electron chi connectivity index (χ3n) is 2.00. The van der Waals surface area contributed by atoms with Crippen molar-refractivity contribution in [3.63, 3.8) is 0 Å². The standard InChI is InChI=1S/C11H12N3/c1-2-4-11-13-8-10(14-11)9-5-3-6-12-7-9/h3,5-8H,1-2,4H2,(H,13,14). The van der Waals surface area contributed by atoms with E-state index < -0.39 is 0 Å². The van der Waals surface area contributed by atoms with E-state index >= 15 is 0 Å². The summed E-state index contributed by atoms with van der Waals surface area (Å²) in [7, 11) is 0. The molecule has 0 bridgehead atoms. The number of nitrogens with zero attached hydrogens (tertiary/aromatic N) is 2. The highest BCUT2D eigenvalue weighted by Gasteiger charge is 2.02. The number of H-pyrrole nitrogens is 1. The summed E-state index contributed by atoms with van der Waals surface area (Å²) in [6, 6.07) is 3.90. The first-order chi connectivity index (χ1) is 6.90. The maximum absolute atomic E-state index is 4.43. The predicted octanol–water partition coefficient (Wildman–Crippen LogP) is 2.24. The van der Waals surface area contributed by atoms with E-state index in [1.807, 2.05) is 24.5 Å². The van der Waals surface area contributed by atoms with Gasteiger partial charge in [0, 0.05) is 30.6 Å². The summed E-state index contributed by atoms with van der Waals surface area (Å²) < 4.78 is 0. The van der Waals surface area contributed by atoms with Gasteiger partial charge in [-0.1, -0.05) is 6.92 Å². The van der Waals surface area contributed by atoms with Gasteiger partial charge in [-0.2, -0.15) is 0 Å². The number of imidazole rings is 1. The van der Waals surface area contributed by atoms with E-state index in [0.29, 0.717) is 0 Å². The fourth-order valence-corrected chi connectivity index (χ4v) is 1.32. The molecule has 0 unspecified atom stereocenters. The number of nitrogens with one attached hydrogen (secondary N) is 1. The molecule has 0 aliphatic heterocycles. The molecule has 0 aromatic carbocycles. The number of aromatic amines is 1. The van der Waals surface area contributed by atoms with E-state index in [2.05, 4.69) is 21.9 Å². The van der Waals surface area contributed by atoms with Crippen molar-refractivity contribution < 1.29 is 0 Å². The van der Waals surface area contributed by atoms with Crippen molar-refractivity contribution >= 4 is 0 Å². The van der Waals surface area contributed by atoms with E-state index in [0.717, 1.165) is 29.9 Å². The lowest BCUT2D eigenvalue weighted by atomic mass is 10.2. The number of rotatable bonds is 3. The molecular formula is C11H12N3. The summed E-state index contributed by atoms with van der Waals surface area (Å²) in [6.07, 6.45) is 7.22. The zero-order valence-electron chi connectivity index (χ0n) is 7.90. The van der Waals surface area contributed by atoms with Crippen LogP contribution in [0.4, 0.5) is 0 Å². The van der Waals surface area contributed by atoms with Gasteiger partial charge in [0.2, 0.25) is 0 Å². The van der Waals surface area contributed by atoms with Crippen molar-refractivity contribution in [2.75, 3.05) is 0 Å². The summed E-state index contributed by atoms with van der Waals surface area (Å²) in [6.45, 7) is 3.79. The van der Waals surface area contributed by atoms with Crippen LogP contribution in [0.15, 0.2) is 30.7 Å². The molecule has 14 heavy (non-hydrogen) atoms. The zero-order valence-corrected chi connectivity index (χ0v) is 7.90. The zero-order chi connectivity index (χ0) is 9.80. The second-order valence-electron chi connectivity index (χ2n) is 3.08. The number of hydrogen-bond donors (Lipinski definition) is 1. The lowest BCUT2D eigenvalue weighted by molar-refractivity contribution is 0.909. The number of hydrogen-bond acceptors (Lipinski definition) is 2. The fraction of sp³-hybridized carbons (Fsp3) is 0.182. The Balaban J connectivity index is 2.25. The van der Waals surface area contributed by atoms with Crippen LogP contribution in [-0.2, 0) is 6.42 Å². The molecule has 2 aromatic heterocycles. The molecule has 0 saturated carbocycles. The third kappa shape index (κ3) is 1.82. The molecule has 2 rings (SSSR count). The fourth-order valence-electron chi connectivity index (χ4n) is 1.32. The predicted molar refractivity (Wildman–Crippen MR) is 55.5 cm³/mol. The van der Waals surface area contributed by atoms with Crippen molar-refractivity contribution in [2.45, 2.75) is 12.8 Å². The van der Waals surface area contributed by atoms with E-state index in [-0.39, 0.29) is 0 Å². The molecule has 1 N–H and O–H groups in total. The Morgan fingerprint density at radius 2 is 2.36 bits per heavy atom. The lowest BCUT2D eigenvalue weighted by Crippen LogP contribution is -1.85. The molecule has 0 aliphatic carbocycles. The minimum Gasteiger partial charge on any atom is -0.348 e. The van der Waals surface area contributed by atoms with Crippen LogP contribution in [0.2, 0.25) is 0 Å². The van der Waals surface area contributed by atoms with Crippen LogP contribution in [0.3, 0.4) is 0 Å². The first kappa shape index (κ1) is 8.94. The Morgan fingerprint density at radius 1 is 1.43 bits per heavy atom. The van der Waals surface area contributed by atoms with Crippen molar-refractivity contribution in [1.82, 2.24) is 15.0 Å². The summed E-state index contributed by atoms with van der Waals surface area (Å²) in [5.41, 5.74) is 1.99. The highest BCUT2D eigenvalue weighted by atomic mass is 14.9. The summed E-state index contributed by atoms with van der Waals surface area (Å²) in [5, 5.41) is 0. The van der Waals surface area contributed by atoms with Crippen molar-refractivity contribution in [1.29, 1.82) is 0 Å². The van der Waals surface area contributed by atoms with Gasteiger partial charge in [0.25, 0.3) is 0 Å². The molecule has 0 atom stereocenters. The van der Waals surface area contributed by atoms with Crippen LogP contribution >= 0.6 is 0 Å². The molecule has 0 fully saturated rings. The molecule has 0 spiro atoms. The van der Waals surface area contributed by atoms with Gasteiger partial charge in [-0.05, 0) is 18.6 Å².